The maximum Gasteiger partial charge on any atom is 0.258 e. The van der Waals surface area contributed by atoms with E-state index < -0.39 is 0 Å². The number of nitrogens with one attached hydrogen (secondary N) is 1. The summed E-state index contributed by atoms with van der Waals surface area (Å²) in [4.78, 5) is 21.7. The van der Waals surface area contributed by atoms with E-state index in [-0.39, 0.29) is 11.0 Å². The van der Waals surface area contributed by atoms with Gasteiger partial charge in [0.25, 0.3) is 5.56 Å². The third-order valence-electron chi connectivity index (χ3n) is 5.23. The molecule has 0 saturated heterocycles. The summed E-state index contributed by atoms with van der Waals surface area (Å²) >= 11 is 0. The summed E-state index contributed by atoms with van der Waals surface area (Å²) in [6.07, 6.45) is 4.72. The number of likely N-dealkylation sites (N-methyl/N-ethyl adjacent to an activating group) is 1. The molecule has 1 aromatic heterocycles. The molecule has 0 atom stereocenters. The number of allylic oxidation sites excluding steroid dienone is 1. The number of nitrogens with zero attached hydrogens (tertiary/aromatic N) is 2. The summed E-state index contributed by atoms with van der Waals surface area (Å²) in [6, 6.07) is 4.10. The van der Waals surface area contributed by atoms with E-state index in [1.807, 2.05) is 13.0 Å². The van der Waals surface area contributed by atoms with Gasteiger partial charge in [-0.3, -0.25) is 4.79 Å². The van der Waals surface area contributed by atoms with Gasteiger partial charge in [0.15, 0.2) is 0 Å². The highest BCUT2D eigenvalue weighted by Gasteiger charge is 2.46. The summed E-state index contributed by atoms with van der Waals surface area (Å²) in [6.45, 7) is 6.15. The van der Waals surface area contributed by atoms with Crippen LogP contribution >= 0.6 is 0 Å². The number of anilines is 1. The molecule has 2 heterocycles. The number of benzene rings is 1. The van der Waals surface area contributed by atoms with Crippen LogP contribution in [0.4, 0.5) is 5.69 Å². The van der Waals surface area contributed by atoms with E-state index >= 15 is 0 Å². The zero-order chi connectivity index (χ0) is 14.8. The third kappa shape index (κ3) is 1.50. The van der Waals surface area contributed by atoms with Crippen LogP contribution in [0.3, 0.4) is 0 Å². The second-order valence-corrected chi connectivity index (χ2v) is 6.33. The van der Waals surface area contributed by atoms with Crippen molar-refractivity contribution in [2.45, 2.75) is 38.0 Å². The Balaban J connectivity index is 2.08. The molecular formula is C17H19N3O. The van der Waals surface area contributed by atoms with Crippen LogP contribution in [0.5, 0.6) is 0 Å². The topological polar surface area (TPSA) is 49.0 Å². The zero-order valence-electron chi connectivity index (χ0n) is 12.5. The van der Waals surface area contributed by atoms with Crippen LogP contribution in [0, 0.1) is 6.92 Å². The monoisotopic (exact) mass is 281 g/mol. The molecule has 4 rings (SSSR count). The molecule has 1 spiro atoms. The largest absolute Gasteiger partial charge is 0.348 e. The first kappa shape index (κ1) is 12.6. The van der Waals surface area contributed by atoms with Crippen LogP contribution in [-0.4, -0.2) is 17.0 Å². The minimum absolute atomic E-state index is 0.0373. The Bertz CT molecular complexity index is 828. The lowest BCUT2D eigenvalue weighted by atomic mass is 9.78. The van der Waals surface area contributed by atoms with Crippen LogP contribution in [-0.2, 0) is 5.41 Å². The number of H-pyrrole nitrogens is 1. The molecule has 0 amide bonds. The van der Waals surface area contributed by atoms with Gasteiger partial charge in [-0.25, -0.2) is 4.98 Å². The van der Waals surface area contributed by atoms with E-state index in [9.17, 15) is 4.79 Å². The fourth-order valence-electron chi connectivity index (χ4n) is 4.11. The van der Waals surface area contributed by atoms with Crippen molar-refractivity contribution in [1.29, 1.82) is 0 Å². The number of aryl methyl sites for hydroxylation is 1. The molecular weight excluding hydrogens is 262 g/mol. The highest BCUT2D eigenvalue weighted by atomic mass is 16.1. The summed E-state index contributed by atoms with van der Waals surface area (Å²) in [5.41, 5.74) is 4.34. The van der Waals surface area contributed by atoms with Gasteiger partial charge in [-0.05, 0) is 37.5 Å². The summed E-state index contributed by atoms with van der Waals surface area (Å²) in [7, 11) is 2.07. The first-order chi connectivity index (χ1) is 10.0. The molecule has 108 valence electrons. The smallest absolute Gasteiger partial charge is 0.258 e. The highest BCUT2D eigenvalue weighted by Crippen LogP contribution is 2.55. The number of aromatic amines is 1. The van der Waals surface area contributed by atoms with Gasteiger partial charge < -0.3 is 9.88 Å². The van der Waals surface area contributed by atoms with Crippen LogP contribution in [0.1, 0.15) is 37.1 Å². The maximum absolute atomic E-state index is 12.2. The Labute approximate surface area is 123 Å². The second-order valence-electron chi connectivity index (χ2n) is 6.33. The van der Waals surface area contributed by atoms with Gasteiger partial charge in [-0.1, -0.05) is 19.4 Å². The molecule has 0 bridgehead atoms. The van der Waals surface area contributed by atoms with Crippen molar-refractivity contribution in [2.75, 3.05) is 11.9 Å². The number of hydrogen-bond acceptors (Lipinski definition) is 3. The lowest BCUT2D eigenvalue weighted by Gasteiger charge is -2.26. The standard InChI is InChI=1S/C17H19N3O/c1-10-17(6-4-5-7-17)13-8-12-14(9-15(13)20(10)3)18-11(2)19-16(12)21/h8-9H,1,4-7H2,2-3H3,(H,18,19,21). The van der Waals surface area contributed by atoms with Crippen LogP contribution < -0.4 is 10.5 Å². The van der Waals surface area contributed by atoms with Gasteiger partial charge in [-0.15, -0.1) is 0 Å². The predicted molar refractivity (Wildman–Crippen MR) is 84.8 cm³/mol. The summed E-state index contributed by atoms with van der Waals surface area (Å²) in [5, 5.41) is 0.689. The molecule has 1 aliphatic carbocycles. The van der Waals surface area contributed by atoms with E-state index in [0.29, 0.717) is 11.2 Å². The van der Waals surface area contributed by atoms with Gasteiger partial charge in [0, 0.05) is 23.8 Å². The average molecular weight is 281 g/mol. The minimum atomic E-state index is -0.0476. The Morgan fingerprint density at radius 1 is 1.33 bits per heavy atom. The van der Waals surface area contributed by atoms with Crippen molar-refractivity contribution < 1.29 is 0 Å². The highest BCUT2D eigenvalue weighted by molar-refractivity contribution is 5.87. The first-order valence-electron chi connectivity index (χ1n) is 7.51. The third-order valence-corrected chi connectivity index (χ3v) is 5.23. The fraction of sp³-hybridized carbons (Fsp3) is 0.412. The molecule has 1 N–H and O–H groups in total. The molecule has 1 saturated carbocycles. The van der Waals surface area contributed by atoms with E-state index in [0.717, 1.165) is 24.0 Å². The van der Waals surface area contributed by atoms with Gasteiger partial charge in [0.1, 0.15) is 5.82 Å². The van der Waals surface area contributed by atoms with Crippen molar-refractivity contribution >= 4 is 16.6 Å². The molecule has 0 radical (unpaired) electrons. The molecule has 4 heteroatoms. The average Bonchev–Trinajstić information content (AvgIpc) is 3.00. The molecule has 1 aliphatic heterocycles. The van der Waals surface area contributed by atoms with E-state index in [2.05, 4.69) is 34.6 Å². The molecule has 2 aliphatic rings. The Morgan fingerprint density at radius 3 is 2.76 bits per heavy atom. The van der Waals surface area contributed by atoms with Crippen molar-refractivity contribution in [3.63, 3.8) is 0 Å². The van der Waals surface area contributed by atoms with E-state index in [1.54, 1.807) is 0 Å². The number of rotatable bonds is 0. The quantitative estimate of drug-likeness (QED) is 0.807. The molecule has 4 nitrogen and oxygen atoms in total. The zero-order valence-corrected chi connectivity index (χ0v) is 12.5. The molecule has 2 aromatic rings. The lowest BCUT2D eigenvalue weighted by molar-refractivity contribution is 0.538. The SMILES string of the molecule is C=C1N(C)c2cc3nc(C)[nH]c(=O)c3cc2C12CCCC2. The summed E-state index contributed by atoms with van der Waals surface area (Å²) in [5.74, 6) is 0.655. The number of fused-ring (bicyclic) bond motifs is 3. The van der Waals surface area contributed by atoms with Gasteiger partial charge >= 0.3 is 0 Å². The minimum Gasteiger partial charge on any atom is -0.348 e. The lowest BCUT2D eigenvalue weighted by Crippen LogP contribution is -2.25. The molecule has 0 unspecified atom stereocenters. The van der Waals surface area contributed by atoms with E-state index in [1.165, 1.54) is 24.1 Å². The van der Waals surface area contributed by atoms with Crippen LogP contribution in [0.25, 0.3) is 10.9 Å². The Kier molecular flexibility index (Phi) is 2.39. The second kappa shape index (κ2) is 3.97. The first-order valence-corrected chi connectivity index (χ1v) is 7.51. The van der Waals surface area contributed by atoms with Crippen molar-refractivity contribution in [3.8, 4) is 0 Å². The van der Waals surface area contributed by atoms with Crippen LogP contribution in [0.15, 0.2) is 29.2 Å². The van der Waals surface area contributed by atoms with Gasteiger partial charge in [0.2, 0.25) is 0 Å². The Hall–Kier alpha value is -2.10. The fourth-order valence-corrected chi connectivity index (χ4v) is 4.11. The summed E-state index contributed by atoms with van der Waals surface area (Å²) < 4.78 is 0. The number of hydrogen-bond donors (Lipinski definition) is 1. The Morgan fingerprint density at radius 2 is 2.05 bits per heavy atom. The molecule has 1 aromatic carbocycles. The van der Waals surface area contributed by atoms with Crippen molar-refractivity contribution in [2.24, 2.45) is 0 Å². The molecule has 1 fully saturated rings. The van der Waals surface area contributed by atoms with Gasteiger partial charge in [-0.2, -0.15) is 0 Å². The maximum atomic E-state index is 12.2. The number of aromatic nitrogens is 2. The van der Waals surface area contributed by atoms with Crippen LogP contribution in [0.2, 0.25) is 0 Å². The van der Waals surface area contributed by atoms with E-state index in [4.69, 9.17) is 0 Å². The van der Waals surface area contributed by atoms with Crippen molar-refractivity contribution in [3.05, 3.63) is 46.2 Å². The molecule has 21 heavy (non-hydrogen) atoms. The predicted octanol–water partition coefficient (Wildman–Crippen LogP) is 3.01. The van der Waals surface area contributed by atoms with Crippen molar-refractivity contribution in [1.82, 2.24) is 9.97 Å². The normalized spacial score (nSPS) is 19.7. The van der Waals surface area contributed by atoms with Gasteiger partial charge in [0.05, 0.1) is 10.9 Å².